The Morgan fingerprint density at radius 3 is 3.21 bits per heavy atom. The summed E-state index contributed by atoms with van der Waals surface area (Å²) < 4.78 is 0. The summed E-state index contributed by atoms with van der Waals surface area (Å²) in [5.74, 6) is 0.876. The number of pyridine rings is 1. The van der Waals surface area contributed by atoms with Crippen molar-refractivity contribution in [2.45, 2.75) is 18.9 Å². The van der Waals surface area contributed by atoms with Gasteiger partial charge < -0.3 is 15.7 Å². The first-order chi connectivity index (χ1) is 6.81. The van der Waals surface area contributed by atoms with Crippen LogP contribution in [-0.4, -0.2) is 29.3 Å². The van der Waals surface area contributed by atoms with E-state index in [2.05, 4.69) is 9.88 Å². The molecule has 2 rings (SSSR count). The highest BCUT2D eigenvalue weighted by atomic mass is 16.3. The first-order valence-electron chi connectivity index (χ1n) is 4.90. The lowest BCUT2D eigenvalue weighted by molar-refractivity contribution is 0.266. The van der Waals surface area contributed by atoms with E-state index in [-0.39, 0.29) is 12.6 Å². The van der Waals surface area contributed by atoms with Crippen LogP contribution in [0, 0.1) is 0 Å². The molecule has 2 heterocycles. The molecule has 1 aliphatic rings. The summed E-state index contributed by atoms with van der Waals surface area (Å²) in [4.78, 5) is 6.38. The zero-order chi connectivity index (χ0) is 9.97. The van der Waals surface area contributed by atoms with Gasteiger partial charge in [-0.1, -0.05) is 0 Å². The molecule has 4 heteroatoms. The second-order valence-corrected chi connectivity index (χ2v) is 3.62. The third kappa shape index (κ3) is 1.65. The first kappa shape index (κ1) is 9.27. The molecule has 1 atom stereocenters. The Labute approximate surface area is 83.4 Å². The topological polar surface area (TPSA) is 62.4 Å². The predicted molar refractivity (Wildman–Crippen MR) is 56.1 cm³/mol. The van der Waals surface area contributed by atoms with Gasteiger partial charge in [0.05, 0.1) is 12.6 Å². The Balaban J connectivity index is 2.21. The van der Waals surface area contributed by atoms with Crippen molar-refractivity contribution in [3.05, 3.63) is 18.3 Å². The third-order valence-corrected chi connectivity index (χ3v) is 2.65. The largest absolute Gasteiger partial charge is 0.399 e. The van der Waals surface area contributed by atoms with Crippen LogP contribution in [0.5, 0.6) is 0 Å². The number of hydrogen-bond donors (Lipinski definition) is 2. The lowest BCUT2D eigenvalue weighted by Crippen LogP contribution is -2.32. The summed E-state index contributed by atoms with van der Waals surface area (Å²) in [6, 6.07) is 3.84. The summed E-state index contributed by atoms with van der Waals surface area (Å²) in [5, 5.41) is 9.17. The number of aromatic nitrogens is 1. The maximum atomic E-state index is 9.17. The zero-order valence-corrected chi connectivity index (χ0v) is 8.06. The van der Waals surface area contributed by atoms with Gasteiger partial charge in [-0.25, -0.2) is 4.98 Å². The van der Waals surface area contributed by atoms with Gasteiger partial charge in [-0.2, -0.15) is 0 Å². The first-order valence-corrected chi connectivity index (χ1v) is 4.90. The van der Waals surface area contributed by atoms with E-state index in [1.165, 1.54) is 0 Å². The highest BCUT2D eigenvalue weighted by Gasteiger charge is 2.24. The van der Waals surface area contributed by atoms with Gasteiger partial charge in [0.15, 0.2) is 0 Å². The molecule has 76 valence electrons. The van der Waals surface area contributed by atoms with Gasteiger partial charge in [0.2, 0.25) is 0 Å². The smallest absolute Gasteiger partial charge is 0.130 e. The average Bonchev–Trinajstić information content (AvgIpc) is 2.65. The van der Waals surface area contributed by atoms with Crippen LogP contribution < -0.4 is 10.6 Å². The second kappa shape index (κ2) is 3.84. The minimum atomic E-state index is 0.191. The van der Waals surface area contributed by atoms with Crippen molar-refractivity contribution in [3.8, 4) is 0 Å². The standard InChI is InChI=1S/C10H15N3O/c11-8-3-4-12-10(6-8)13-5-1-2-9(13)7-14/h3-4,6,9,14H,1-2,5,7H2,(H2,11,12)/t9-/m0/s1. The van der Waals surface area contributed by atoms with Crippen LogP contribution in [0.4, 0.5) is 11.5 Å². The van der Waals surface area contributed by atoms with Gasteiger partial charge >= 0.3 is 0 Å². The van der Waals surface area contributed by atoms with E-state index in [9.17, 15) is 0 Å². The van der Waals surface area contributed by atoms with Crippen LogP contribution in [0.2, 0.25) is 0 Å². The van der Waals surface area contributed by atoms with Crippen molar-refractivity contribution >= 4 is 11.5 Å². The Bertz CT molecular complexity index is 316. The monoisotopic (exact) mass is 193 g/mol. The zero-order valence-electron chi connectivity index (χ0n) is 8.06. The molecule has 0 unspecified atom stereocenters. The summed E-state index contributed by atoms with van der Waals surface area (Å²) in [5.41, 5.74) is 6.40. The van der Waals surface area contributed by atoms with E-state index in [4.69, 9.17) is 10.8 Å². The number of aliphatic hydroxyl groups is 1. The summed E-state index contributed by atoms with van der Waals surface area (Å²) in [7, 11) is 0. The van der Waals surface area contributed by atoms with Crippen molar-refractivity contribution in [3.63, 3.8) is 0 Å². The van der Waals surface area contributed by atoms with Gasteiger partial charge in [-0.3, -0.25) is 0 Å². The quantitative estimate of drug-likeness (QED) is 0.723. The lowest BCUT2D eigenvalue weighted by atomic mass is 10.2. The minimum absolute atomic E-state index is 0.191. The van der Waals surface area contributed by atoms with Crippen LogP contribution in [0.15, 0.2) is 18.3 Å². The predicted octanol–water partition coefficient (Wildman–Crippen LogP) is 0.625. The molecule has 0 spiro atoms. The van der Waals surface area contributed by atoms with E-state index in [1.54, 1.807) is 12.3 Å². The summed E-state index contributed by atoms with van der Waals surface area (Å²) in [6.07, 6.45) is 3.85. The molecule has 0 amide bonds. The Morgan fingerprint density at radius 2 is 2.50 bits per heavy atom. The van der Waals surface area contributed by atoms with E-state index in [0.717, 1.165) is 30.9 Å². The molecular formula is C10H15N3O. The van der Waals surface area contributed by atoms with Gasteiger partial charge in [0.25, 0.3) is 0 Å². The van der Waals surface area contributed by atoms with Gasteiger partial charge in [0, 0.05) is 24.5 Å². The molecule has 0 aliphatic carbocycles. The number of rotatable bonds is 2. The highest BCUT2D eigenvalue weighted by Crippen LogP contribution is 2.24. The Kier molecular flexibility index (Phi) is 2.54. The summed E-state index contributed by atoms with van der Waals surface area (Å²) >= 11 is 0. The number of hydrogen-bond acceptors (Lipinski definition) is 4. The van der Waals surface area contributed by atoms with E-state index in [0.29, 0.717) is 0 Å². The molecule has 0 saturated carbocycles. The molecular weight excluding hydrogens is 178 g/mol. The van der Waals surface area contributed by atoms with E-state index < -0.39 is 0 Å². The molecule has 0 aromatic carbocycles. The fourth-order valence-electron chi connectivity index (χ4n) is 1.92. The van der Waals surface area contributed by atoms with Crippen molar-refractivity contribution < 1.29 is 5.11 Å². The van der Waals surface area contributed by atoms with Gasteiger partial charge in [-0.05, 0) is 18.9 Å². The molecule has 1 aromatic rings. The molecule has 1 saturated heterocycles. The molecule has 0 bridgehead atoms. The van der Waals surface area contributed by atoms with Crippen molar-refractivity contribution in [2.24, 2.45) is 0 Å². The molecule has 1 aliphatic heterocycles. The number of aliphatic hydroxyl groups excluding tert-OH is 1. The fraction of sp³-hybridized carbons (Fsp3) is 0.500. The number of anilines is 2. The lowest BCUT2D eigenvalue weighted by Gasteiger charge is -2.24. The highest BCUT2D eigenvalue weighted by molar-refractivity contribution is 5.51. The Hall–Kier alpha value is -1.29. The molecule has 1 fully saturated rings. The van der Waals surface area contributed by atoms with Crippen LogP contribution in [0.1, 0.15) is 12.8 Å². The number of nitrogen functional groups attached to an aromatic ring is 1. The van der Waals surface area contributed by atoms with Gasteiger partial charge in [0.1, 0.15) is 5.82 Å². The molecule has 4 nitrogen and oxygen atoms in total. The fourth-order valence-corrected chi connectivity index (χ4v) is 1.92. The van der Waals surface area contributed by atoms with Gasteiger partial charge in [-0.15, -0.1) is 0 Å². The van der Waals surface area contributed by atoms with E-state index >= 15 is 0 Å². The second-order valence-electron chi connectivity index (χ2n) is 3.62. The molecule has 1 aromatic heterocycles. The van der Waals surface area contributed by atoms with E-state index in [1.807, 2.05) is 6.07 Å². The number of nitrogens with two attached hydrogens (primary N) is 1. The van der Waals surface area contributed by atoms with Crippen molar-refractivity contribution in [1.82, 2.24) is 4.98 Å². The Morgan fingerprint density at radius 1 is 1.64 bits per heavy atom. The molecule has 0 radical (unpaired) electrons. The maximum absolute atomic E-state index is 9.17. The van der Waals surface area contributed by atoms with Crippen LogP contribution in [-0.2, 0) is 0 Å². The molecule has 3 N–H and O–H groups in total. The third-order valence-electron chi connectivity index (χ3n) is 2.65. The average molecular weight is 193 g/mol. The minimum Gasteiger partial charge on any atom is -0.399 e. The van der Waals surface area contributed by atoms with Crippen LogP contribution in [0.3, 0.4) is 0 Å². The van der Waals surface area contributed by atoms with Crippen LogP contribution in [0.25, 0.3) is 0 Å². The van der Waals surface area contributed by atoms with Crippen molar-refractivity contribution in [1.29, 1.82) is 0 Å². The summed E-state index contributed by atoms with van der Waals surface area (Å²) in [6.45, 7) is 1.15. The SMILES string of the molecule is Nc1ccnc(N2CCC[C@H]2CO)c1. The van der Waals surface area contributed by atoms with Crippen molar-refractivity contribution in [2.75, 3.05) is 23.8 Å². The normalized spacial score (nSPS) is 21.5. The molecule has 14 heavy (non-hydrogen) atoms. The van der Waals surface area contributed by atoms with Crippen LogP contribution >= 0.6 is 0 Å². The number of nitrogens with zero attached hydrogens (tertiary/aromatic N) is 2. The maximum Gasteiger partial charge on any atom is 0.130 e.